The molecule has 0 bridgehead atoms. The Morgan fingerprint density at radius 1 is 1.04 bits per heavy atom. The van der Waals surface area contributed by atoms with Gasteiger partial charge >= 0.3 is 0 Å². The molecule has 0 N–H and O–H groups in total. The van der Waals surface area contributed by atoms with Gasteiger partial charge in [0.05, 0.1) is 16.5 Å². The Balaban J connectivity index is 2.34. The lowest BCUT2D eigenvalue weighted by Crippen LogP contribution is -2.18. The van der Waals surface area contributed by atoms with Crippen LogP contribution in [-0.2, 0) is 10.0 Å². The van der Waals surface area contributed by atoms with E-state index in [0.29, 0.717) is 10.9 Å². The Labute approximate surface area is 133 Å². The van der Waals surface area contributed by atoms with E-state index in [1.807, 2.05) is 0 Å². The van der Waals surface area contributed by atoms with Gasteiger partial charge in [-0.15, -0.1) is 0 Å². The Morgan fingerprint density at radius 2 is 1.70 bits per heavy atom. The van der Waals surface area contributed by atoms with E-state index in [1.54, 1.807) is 48.5 Å². The Bertz CT molecular complexity index is 1030. The maximum Gasteiger partial charge on any atom is 0.268 e. The van der Waals surface area contributed by atoms with Crippen molar-refractivity contribution in [1.29, 1.82) is 5.26 Å². The number of nitriles is 1. The zero-order chi connectivity index (χ0) is 16.4. The van der Waals surface area contributed by atoms with Gasteiger partial charge < -0.3 is 0 Å². The van der Waals surface area contributed by atoms with Crippen molar-refractivity contribution in [3.05, 3.63) is 66.4 Å². The number of ketones is 1. The number of aromatic nitrogens is 1. The van der Waals surface area contributed by atoms with Crippen LogP contribution >= 0.6 is 0 Å². The van der Waals surface area contributed by atoms with E-state index in [1.165, 1.54) is 18.2 Å². The lowest BCUT2D eigenvalue weighted by Gasteiger charge is -2.10. The monoisotopic (exact) mass is 324 g/mol. The number of hydrogen-bond acceptors (Lipinski definition) is 4. The highest BCUT2D eigenvalue weighted by Crippen LogP contribution is 2.26. The number of carbonyl (C=O) groups excluding carboxylic acids is 1. The number of rotatable bonds is 4. The molecule has 0 fully saturated rings. The van der Waals surface area contributed by atoms with Gasteiger partial charge in [-0.05, 0) is 24.3 Å². The standard InChI is InChI=1S/C17H12N2O3S/c18-11-10-17(20)16-12-13-6-4-5-9-15(13)19(16)23(21,22)14-7-2-1-3-8-14/h1-9,12H,10H2. The molecule has 0 aliphatic carbocycles. The first-order chi connectivity index (χ1) is 11.1. The predicted molar refractivity (Wildman–Crippen MR) is 85.5 cm³/mol. The molecular formula is C17H12N2O3S. The molecule has 3 rings (SSSR count). The summed E-state index contributed by atoms with van der Waals surface area (Å²) in [5, 5.41) is 9.39. The maximum absolute atomic E-state index is 13.0. The predicted octanol–water partition coefficient (Wildman–Crippen LogP) is 2.97. The second kappa shape index (κ2) is 5.71. The van der Waals surface area contributed by atoms with Crippen molar-refractivity contribution < 1.29 is 13.2 Å². The summed E-state index contributed by atoms with van der Waals surface area (Å²) >= 11 is 0. The van der Waals surface area contributed by atoms with Crippen LogP contribution in [0.1, 0.15) is 16.9 Å². The van der Waals surface area contributed by atoms with Gasteiger partial charge in [0, 0.05) is 5.39 Å². The number of Topliss-reactive ketones (excluding diaryl/α,β-unsaturated/α-hetero) is 1. The molecular weight excluding hydrogens is 312 g/mol. The van der Waals surface area contributed by atoms with Crippen LogP contribution in [0.2, 0.25) is 0 Å². The second-order valence-electron chi connectivity index (χ2n) is 4.93. The van der Waals surface area contributed by atoms with E-state index in [0.717, 1.165) is 3.97 Å². The fraction of sp³-hybridized carbons (Fsp3) is 0.0588. The summed E-state index contributed by atoms with van der Waals surface area (Å²) in [6, 6.07) is 18.0. The molecule has 0 atom stereocenters. The number of benzene rings is 2. The quantitative estimate of drug-likeness (QED) is 0.691. The number of para-hydroxylation sites is 1. The Kier molecular flexibility index (Phi) is 3.72. The summed E-state index contributed by atoms with van der Waals surface area (Å²) in [4.78, 5) is 12.3. The molecule has 0 saturated heterocycles. The first-order valence-corrected chi connectivity index (χ1v) is 8.31. The molecule has 0 amide bonds. The van der Waals surface area contributed by atoms with Crippen molar-refractivity contribution in [3.8, 4) is 6.07 Å². The molecule has 5 nitrogen and oxygen atoms in total. The molecule has 114 valence electrons. The first-order valence-electron chi connectivity index (χ1n) is 6.87. The van der Waals surface area contributed by atoms with Crippen molar-refractivity contribution >= 4 is 26.7 Å². The van der Waals surface area contributed by atoms with E-state index in [9.17, 15) is 13.2 Å². The molecule has 0 radical (unpaired) electrons. The van der Waals surface area contributed by atoms with Gasteiger partial charge in [0.25, 0.3) is 10.0 Å². The fourth-order valence-corrected chi connectivity index (χ4v) is 3.99. The third-order valence-corrected chi connectivity index (χ3v) is 5.22. The molecule has 0 unspecified atom stereocenters. The van der Waals surface area contributed by atoms with Gasteiger partial charge in [0.2, 0.25) is 0 Å². The molecule has 6 heteroatoms. The summed E-state index contributed by atoms with van der Waals surface area (Å²) in [6.45, 7) is 0. The van der Waals surface area contributed by atoms with Gasteiger partial charge in [-0.3, -0.25) is 4.79 Å². The van der Waals surface area contributed by atoms with Crippen molar-refractivity contribution in [2.75, 3.05) is 0 Å². The zero-order valence-corrected chi connectivity index (χ0v) is 12.8. The van der Waals surface area contributed by atoms with E-state index < -0.39 is 15.8 Å². The van der Waals surface area contributed by atoms with E-state index in [-0.39, 0.29) is 17.0 Å². The lowest BCUT2D eigenvalue weighted by molar-refractivity contribution is 0.0992. The highest BCUT2D eigenvalue weighted by Gasteiger charge is 2.25. The first kappa shape index (κ1) is 15.0. The summed E-state index contributed by atoms with van der Waals surface area (Å²) in [7, 11) is -3.93. The second-order valence-corrected chi connectivity index (χ2v) is 6.72. The highest BCUT2D eigenvalue weighted by atomic mass is 32.2. The summed E-state index contributed by atoms with van der Waals surface area (Å²) in [5.74, 6) is -0.525. The molecule has 0 saturated carbocycles. The third-order valence-electron chi connectivity index (χ3n) is 3.47. The molecule has 3 aromatic rings. The molecule has 1 heterocycles. The fourth-order valence-electron chi connectivity index (χ4n) is 2.44. The van der Waals surface area contributed by atoms with Crippen molar-refractivity contribution in [1.82, 2.24) is 3.97 Å². The van der Waals surface area contributed by atoms with Crippen LogP contribution in [0.25, 0.3) is 10.9 Å². The van der Waals surface area contributed by atoms with Crippen LogP contribution in [0.3, 0.4) is 0 Å². The van der Waals surface area contributed by atoms with Crippen LogP contribution in [0.15, 0.2) is 65.6 Å². The minimum atomic E-state index is -3.93. The van der Waals surface area contributed by atoms with Crippen LogP contribution in [0.4, 0.5) is 0 Å². The van der Waals surface area contributed by atoms with E-state index in [4.69, 9.17) is 5.26 Å². The van der Waals surface area contributed by atoms with Gasteiger partial charge in [-0.2, -0.15) is 5.26 Å². The van der Waals surface area contributed by atoms with E-state index >= 15 is 0 Å². The number of nitrogens with zero attached hydrogens (tertiary/aromatic N) is 2. The molecule has 0 aliphatic heterocycles. The van der Waals surface area contributed by atoms with Crippen LogP contribution in [-0.4, -0.2) is 18.2 Å². The normalized spacial score (nSPS) is 11.3. The zero-order valence-electron chi connectivity index (χ0n) is 12.0. The van der Waals surface area contributed by atoms with Crippen LogP contribution < -0.4 is 0 Å². The largest absolute Gasteiger partial charge is 0.291 e. The number of fused-ring (bicyclic) bond motifs is 1. The smallest absolute Gasteiger partial charge is 0.268 e. The topological polar surface area (TPSA) is 79.9 Å². The van der Waals surface area contributed by atoms with Crippen LogP contribution in [0, 0.1) is 11.3 Å². The molecule has 1 aromatic heterocycles. The Hall–Kier alpha value is -2.91. The van der Waals surface area contributed by atoms with E-state index in [2.05, 4.69) is 0 Å². The summed E-state index contributed by atoms with van der Waals surface area (Å²) in [5.41, 5.74) is 0.411. The lowest BCUT2D eigenvalue weighted by atomic mass is 10.2. The number of hydrogen-bond donors (Lipinski definition) is 0. The van der Waals surface area contributed by atoms with Crippen molar-refractivity contribution in [2.45, 2.75) is 11.3 Å². The van der Waals surface area contributed by atoms with Gasteiger partial charge in [0.15, 0.2) is 5.78 Å². The average Bonchev–Trinajstić information content (AvgIpc) is 2.96. The number of carbonyl (C=O) groups is 1. The van der Waals surface area contributed by atoms with Crippen molar-refractivity contribution in [2.24, 2.45) is 0 Å². The third kappa shape index (κ3) is 2.51. The highest BCUT2D eigenvalue weighted by molar-refractivity contribution is 7.90. The van der Waals surface area contributed by atoms with Crippen LogP contribution in [0.5, 0.6) is 0 Å². The Morgan fingerprint density at radius 3 is 2.39 bits per heavy atom. The molecule has 0 spiro atoms. The van der Waals surface area contributed by atoms with Crippen molar-refractivity contribution in [3.63, 3.8) is 0 Å². The maximum atomic E-state index is 13.0. The minimum absolute atomic E-state index is 0.00315. The van der Waals surface area contributed by atoms with Gasteiger partial charge in [-0.1, -0.05) is 36.4 Å². The average molecular weight is 324 g/mol. The van der Waals surface area contributed by atoms with Gasteiger partial charge in [0.1, 0.15) is 12.1 Å². The minimum Gasteiger partial charge on any atom is -0.291 e. The van der Waals surface area contributed by atoms with Gasteiger partial charge in [-0.25, -0.2) is 12.4 Å². The summed E-state index contributed by atoms with van der Waals surface area (Å²) in [6.07, 6.45) is -0.374. The molecule has 2 aromatic carbocycles. The summed E-state index contributed by atoms with van der Waals surface area (Å²) < 4.78 is 27.0. The molecule has 0 aliphatic rings. The molecule has 23 heavy (non-hydrogen) atoms. The SMILES string of the molecule is N#CCC(=O)c1cc2ccccc2n1S(=O)(=O)c1ccccc1.